The summed E-state index contributed by atoms with van der Waals surface area (Å²) in [5, 5.41) is 21.1. The van der Waals surface area contributed by atoms with E-state index < -0.39 is 5.66 Å². The monoisotopic (exact) mass is 387 g/mol. The van der Waals surface area contributed by atoms with Gasteiger partial charge >= 0.3 is 0 Å². The van der Waals surface area contributed by atoms with Crippen molar-refractivity contribution < 1.29 is 17.5 Å². The highest BCUT2D eigenvalue weighted by Crippen LogP contribution is 2.33. The van der Waals surface area contributed by atoms with E-state index in [9.17, 15) is 5.11 Å². The van der Waals surface area contributed by atoms with E-state index in [-0.39, 0.29) is 18.2 Å². The molecule has 2 aromatic rings. The molecule has 6 nitrogen and oxygen atoms in total. The van der Waals surface area contributed by atoms with E-state index >= 15 is 0 Å². The van der Waals surface area contributed by atoms with Crippen LogP contribution in [0.2, 0.25) is 0 Å². The number of rotatable bonds is 4. The normalized spacial score (nSPS) is 20.3. The van der Waals surface area contributed by atoms with Gasteiger partial charge in [-0.3, -0.25) is 9.49 Å². The minimum Gasteiger partial charge on any atom is -1.00 e. The second kappa shape index (κ2) is 8.08. The number of aliphatic hydroxyl groups is 1. The molecule has 27 heavy (non-hydrogen) atoms. The van der Waals surface area contributed by atoms with E-state index in [1.165, 1.54) is 0 Å². The topological polar surface area (TPSA) is 60.2 Å². The van der Waals surface area contributed by atoms with E-state index in [2.05, 4.69) is 42.9 Å². The van der Waals surface area contributed by atoms with Gasteiger partial charge in [-0.15, -0.1) is 5.11 Å². The van der Waals surface area contributed by atoms with Crippen LogP contribution in [-0.4, -0.2) is 31.9 Å². The van der Waals surface area contributed by atoms with Crippen LogP contribution < -0.4 is 27.3 Å². The predicted octanol–water partition coefficient (Wildman–Crippen LogP) is 1.50. The van der Waals surface area contributed by atoms with Gasteiger partial charge in [0.2, 0.25) is 0 Å². The molecule has 0 saturated carbocycles. The zero-order valence-corrected chi connectivity index (χ0v) is 16.9. The van der Waals surface area contributed by atoms with Crippen molar-refractivity contribution in [3.8, 4) is 0 Å². The van der Waals surface area contributed by atoms with E-state index in [4.69, 9.17) is 0 Å². The summed E-state index contributed by atoms with van der Waals surface area (Å²) in [6.45, 7) is 1.92. The van der Waals surface area contributed by atoms with Crippen LogP contribution in [0.4, 0.5) is 17.1 Å². The molecular formula is C20H26ClN5O. The molecule has 1 aliphatic heterocycles. The molecule has 7 heteroatoms. The smallest absolute Gasteiger partial charge is 0.160 e. The molecule has 0 spiro atoms. The number of nitrogens with one attached hydrogen (secondary N) is 1. The number of hydrazine groups is 1. The Morgan fingerprint density at radius 1 is 1.04 bits per heavy atom. The largest absolute Gasteiger partial charge is 1.00 e. The molecule has 0 saturated heterocycles. The number of hydrogen-bond acceptors (Lipinski definition) is 5. The van der Waals surface area contributed by atoms with E-state index in [1.807, 2.05) is 55.5 Å². The number of hydrogen-bond donors (Lipinski definition) is 2. The van der Waals surface area contributed by atoms with Crippen LogP contribution in [0.3, 0.4) is 0 Å². The van der Waals surface area contributed by atoms with Gasteiger partial charge in [0.05, 0.1) is 33.0 Å². The number of aliphatic hydroxyl groups excluding tert-OH is 1. The maximum atomic E-state index is 10.2. The molecule has 1 atom stereocenters. The summed E-state index contributed by atoms with van der Waals surface area (Å²) in [5.41, 5.74) is 5.42. The van der Waals surface area contributed by atoms with Gasteiger partial charge in [0.25, 0.3) is 0 Å². The van der Waals surface area contributed by atoms with Gasteiger partial charge in [-0.1, -0.05) is 30.3 Å². The minimum atomic E-state index is -0.743. The average molecular weight is 388 g/mol. The minimum absolute atomic E-state index is 0. The van der Waals surface area contributed by atoms with Crippen molar-refractivity contribution in [3.05, 3.63) is 66.6 Å². The first-order valence-corrected chi connectivity index (χ1v) is 8.63. The lowest BCUT2D eigenvalue weighted by Gasteiger charge is -2.36. The molecule has 0 aromatic heterocycles. The number of nitrogens with zero attached hydrogens (tertiary/aromatic N) is 4. The number of para-hydroxylation sites is 2. The fraction of sp³-hybridized carbons (Fsp3) is 0.300. The number of halogens is 1. The molecular weight excluding hydrogens is 362 g/mol. The SMILES string of the molecule is CC1(/N=N/c2ccccc2[N+](C)(C)C)CC(O)=CN(c2ccccc2)N1.[Cl-]. The maximum absolute atomic E-state index is 10.2. The fourth-order valence-corrected chi connectivity index (χ4v) is 2.94. The summed E-state index contributed by atoms with van der Waals surface area (Å²) in [6.07, 6.45) is 2.04. The third-order valence-electron chi connectivity index (χ3n) is 4.18. The zero-order valence-electron chi connectivity index (χ0n) is 16.1. The Labute approximate surface area is 166 Å². The van der Waals surface area contributed by atoms with Gasteiger partial charge in [0.1, 0.15) is 11.4 Å². The standard InChI is InChI=1S/C20H25N5O.ClH/c1-20(22-21-18-12-8-9-13-19(18)25(2,3)4)14-17(26)15-24(23-20)16-10-6-5-7-11-16;/h5-13,15,23H,14H2,1-4H3;1H/b22-21+;. The Bertz CT molecular complexity index is 832. The maximum Gasteiger partial charge on any atom is 0.160 e. The number of azo groups is 1. The lowest BCUT2D eigenvalue weighted by molar-refractivity contribution is -0.00000792. The van der Waals surface area contributed by atoms with Gasteiger partial charge in [-0.2, -0.15) is 5.11 Å². The van der Waals surface area contributed by atoms with Crippen molar-refractivity contribution in [3.63, 3.8) is 0 Å². The number of benzene rings is 2. The second-order valence-corrected chi connectivity index (χ2v) is 7.59. The summed E-state index contributed by atoms with van der Waals surface area (Å²) in [5.74, 6) is 0.258. The van der Waals surface area contributed by atoms with Gasteiger partial charge in [0, 0.05) is 12.5 Å². The van der Waals surface area contributed by atoms with Gasteiger partial charge in [-0.25, -0.2) is 5.43 Å². The van der Waals surface area contributed by atoms with Crippen molar-refractivity contribution in [1.82, 2.24) is 9.91 Å². The molecule has 0 aliphatic carbocycles. The molecule has 144 valence electrons. The molecule has 1 heterocycles. The van der Waals surface area contributed by atoms with Crippen LogP contribution >= 0.6 is 0 Å². The first-order valence-electron chi connectivity index (χ1n) is 8.63. The van der Waals surface area contributed by atoms with Crippen molar-refractivity contribution in [2.24, 2.45) is 10.2 Å². The Morgan fingerprint density at radius 3 is 2.33 bits per heavy atom. The molecule has 0 radical (unpaired) electrons. The van der Waals surface area contributed by atoms with Crippen LogP contribution in [0.25, 0.3) is 0 Å². The molecule has 1 aliphatic rings. The van der Waals surface area contributed by atoms with Crippen molar-refractivity contribution in [2.75, 3.05) is 26.2 Å². The summed E-state index contributed by atoms with van der Waals surface area (Å²) in [7, 11) is 6.29. The molecule has 1 unspecified atom stereocenters. The molecule has 0 bridgehead atoms. The Kier molecular flexibility index (Phi) is 6.26. The van der Waals surface area contributed by atoms with Crippen molar-refractivity contribution in [2.45, 2.75) is 19.0 Å². The van der Waals surface area contributed by atoms with Crippen molar-refractivity contribution >= 4 is 17.1 Å². The third kappa shape index (κ3) is 5.07. The Morgan fingerprint density at radius 2 is 1.67 bits per heavy atom. The van der Waals surface area contributed by atoms with E-state index in [1.54, 1.807) is 11.2 Å². The van der Waals surface area contributed by atoms with E-state index in [0.29, 0.717) is 10.9 Å². The zero-order chi connectivity index (χ0) is 18.8. The Balaban J connectivity index is 0.00000261. The van der Waals surface area contributed by atoms with E-state index in [0.717, 1.165) is 17.1 Å². The average Bonchev–Trinajstić information content (AvgIpc) is 2.59. The molecule has 2 N–H and O–H groups in total. The molecule has 0 amide bonds. The van der Waals surface area contributed by atoms with Gasteiger partial charge < -0.3 is 17.5 Å². The van der Waals surface area contributed by atoms with Crippen LogP contribution in [-0.2, 0) is 0 Å². The highest BCUT2D eigenvalue weighted by Gasteiger charge is 2.32. The number of anilines is 1. The first kappa shape index (κ1) is 20.9. The fourth-order valence-electron chi connectivity index (χ4n) is 2.94. The summed E-state index contributed by atoms with van der Waals surface area (Å²) in [6, 6.07) is 17.8. The van der Waals surface area contributed by atoms with Crippen LogP contribution in [0.5, 0.6) is 0 Å². The highest BCUT2D eigenvalue weighted by atomic mass is 35.5. The third-order valence-corrected chi connectivity index (χ3v) is 4.18. The van der Waals surface area contributed by atoms with Crippen LogP contribution in [0.1, 0.15) is 13.3 Å². The lowest BCUT2D eigenvalue weighted by Crippen LogP contribution is -3.00. The van der Waals surface area contributed by atoms with Gasteiger partial charge in [-0.05, 0) is 25.1 Å². The molecule has 3 rings (SSSR count). The Hall–Kier alpha value is -2.41. The summed E-state index contributed by atoms with van der Waals surface area (Å²) < 4.78 is 0.653. The van der Waals surface area contributed by atoms with Gasteiger partial charge in [0.15, 0.2) is 11.4 Å². The summed E-state index contributed by atoms with van der Waals surface area (Å²) >= 11 is 0. The predicted molar refractivity (Wildman–Crippen MR) is 106 cm³/mol. The first-order chi connectivity index (χ1) is 12.3. The lowest BCUT2D eigenvalue weighted by atomic mass is 10.1. The van der Waals surface area contributed by atoms with Crippen LogP contribution in [0.15, 0.2) is 76.8 Å². The highest BCUT2D eigenvalue weighted by molar-refractivity contribution is 5.63. The summed E-state index contributed by atoms with van der Waals surface area (Å²) in [4.78, 5) is 0. The molecule has 0 fully saturated rings. The quantitative estimate of drug-likeness (QED) is 0.617. The number of quaternary nitrogens is 1. The second-order valence-electron chi connectivity index (χ2n) is 7.59. The van der Waals surface area contributed by atoms with Crippen LogP contribution in [0, 0.1) is 0 Å². The van der Waals surface area contributed by atoms with Crippen molar-refractivity contribution in [1.29, 1.82) is 0 Å². The molecule has 2 aromatic carbocycles.